The Hall–Kier alpha value is -1.03. The second kappa shape index (κ2) is 5.65. The van der Waals surface area contributed by atoms with Crippen LogP contribution in [0.1, 0.15) is 19.3 Å². The third-order valence-corrected chi connectivity index (χ3v) is 2.33. The standard InChI is InChI=1S/C10H20N4/c1-13(8-5-3-4-6-11)10-12-7-9-14(10)2/h7,9H,3-6,8,11H2,1-2H3. The number of imidazole rings is 1. The zero-order chi connectivity index (χ0) is 10.4. The minimum absolute atomic E-state index is 0.798. The van der Waals surface area contributed by atoms with Gasteiger partial charge in [-0.25, -0.2) is 4.98 Å². The first-order valence-electron chi connectivity index (χ1n) is 5.14. The van der Waals surface area contributed by atoms with Gasteiger partial charge in [0.25, 0.3) is 0 Å². The van der Waals surface area contributed by atoms with Crippen molar-refractivity contribution >= 4 is 5.95 Å². The van der Waals surface area contributed by atoms with Crippen LogP contribution in [0.4, 0.5) is 5.95 Å². The Labute approximate surface area is 85.7 Å². The molecule has 0 atom stereocenters. The summed E-state index contributed by atoms with van der Waals surface area (Å²) in [7, 11) is 4.09. The van der Waals surface area contributed by atoms with E-state index in [2.05, 4.69) is 16.9 Å². The number of anilines is 1. The first-order chi connectivity index (χ1) is 6.75. The highest BCUT2D eigenvalue weighted by atomic mass is 15.3. The minimum atomic E-state index is 0.798. The van der Waals surface area contributed by atoms with E-state index in [0.717, 1.165) is 25.5 Å². The van der Waals surface area contributed by atoms with Crippen molar-refractivity contribution in [3.63, 3.8) is 0 Å². The Morgan fingerprint density at radius 2 is 2.21 bits per heavy atom. The van der Waals surface area contributed by atoms with Crippen molar-refractivity contribution in [1.82, 2.24) is 9.55 Å². The van der Waals surface area contributed by atoms with Gasteiger partial charge in [-0.15, -0.1) is 0 Å². The largest absolute Gasteiger partial charge is 0.345 e. The predicted octanol–water partition coefficient (Wildman–Crippen LogP) is 0.985. The zero-order valence-corrected chi connectivity index (χ0v) is 9.11. The minimum Gasteiger partial charge on any atom is -0.345 e. The van der Waals surface area contributed by atoms with Gasteiger partial charge < -0.3 is 15.2 Å². The van der Waals surface area contributed by atoms with Crippen LogP contribution in [0.15, 0.2) is 12.4 Å². The lowest BCUT2D eigenvalue weighted by atomic mass is 10.2. The predicted molar refractivity (Wildman–Crippen MR) is 59.4 cm³/mol. The first-order valence-corrected chi connectivity index (χ1v) is 5.14. The molecule has 4 nitrogen and oxygen atoms in total. The maximum Gasteiger partial charge on any atom is 0.204 e. The Kier molecular flexibility index (Phi) is 4.46. The van der Waals surface area contributed by atoms with Crippen molar-refractivity contribution in [1.29, 1.82) is 0 Å². The van der Waals surface area contributed by atoms with Gasteiger partial charge in [-0.1, -0.05) is 6.42 Å². The fraction of sp³-hybridized carbons (Fsp3) is 0.700. The molecule has 0 amide bonds. The summed E-state index contributed by atoms with van der Waals surface area (Å²) in [6.45, 7) is 1.84. The highest BCUT2D eigenvalue weighted by molar-refractivity contribution is 5.28. The summed E-state index contributed by atoms with van der Waals surface area (Å²) in [5, 5.41) is 0. The van der Waals surface area contributed by atoms with Crippen LogP contribution in [0.25, 0.3) is 0 Å². The number of rotatable bonds is 6. The molecule has 1 aromatic rings. The monoisotopic (exact) mass is 196 g/mol. The Morgan fingerprint density at radius 3 is 2.79 bits per heavy atom. The molecule has 1 heterocycles. The third kappa shape index (κ3) is 3.03. The summed E-state index contributed by atoms with van der Waals surface area (Å²) in [4.78, 5) is 6.46. The van der Waals surface area contributed by atoms with Crippen LogP contribution < -0.4 is 10.6 Å². The lowest BCUT2D eigenvalue weighted by molar-refractivity contribution is 0.667. The van der Waals surface area contributed by atoms with Gasteiger partial charge in [-0.2, -0.15) is 0 Å². The summed E-state index contributed by atoms with van der Waals surface area (Å²) in [6, 6.07) is 0. The van der Waals surface area contributed by atoms with E-state index in [1.165, 1.54) is 12.8 Å². The second-order valence-corrected chi connectivity index (χ2v) is 3.61. The van der Waals surface area contributed by atoms with E-state index in [9.17, 15) is 0 Å². The molecule has 0 unspecified atom stereocenters. The molecule has 80 valence electrons. The lowest BCUT2D eigenvalue weighted by Gasteiger charge is -2.17. The first kappa shape index (κ1) is 11.0. The third-order valence-electron chi connectivity index (χ3n) is 2.33. The van der Waals surface area contributed by atoms with Gasteiger partial charge in [-0.3, -0.25) is 0 Å². The average Bonchev–Trinajstić information content (AvgIpc) is 2.59. The molecule has 1 aromatic heterocycles. The smallest absolute Gasteiger partial charge is 0.204 e. The van der Waals surface area contributed by atoms with Crippen molar-refractivity contribution in [2.75, 3.05) is 25.0 Å². The number of aryl methyl sites for hydroxylation is 1. The molecular formula is C10H20N4. The van der Waals surface area contributed by atoms with Crippen molar-refractivity contribution in [2.45, 2.75) is 19.3 Å². The van der Waals surface area contributed by atoms with Gasteiger partial charge >= 0.3 is 0 Å². The molecule has 2 N–H and O–H groups in total. The van der Waals surface area contributed by atoms with Crippen LogP contribution in [0, 0.1) is 0 Å². The Morgan fingerprint density at radius 1 is 1.43 bits per heavy atom. The molecular weight excluding hydrogens is 176 g/mol. The maximum atomic E-state index is 5.43. The number of hydrogen-bond donors (Lipinski definition) is 1. The normalized spacial score (nSPS) is 10.5. The van der Waals surface area contributed by atoms with Gasteiger partial charge in [0.2, 0.25) is 5.95 Å². The zero-order valence-electron chi connectivity index (χ0n) is 9.11. The van der Waals surface area contributed by atoms with Crippen molar-refractivity contribution in [2.24, 2.45) is 12.8 Å². The molecule has 1 rings (SSSR count). The molecule has 0 aliphatic heterocycles. The van der Waals surface area contributed by atoms with Crippen molar-refractivity contribution in [3.05, 3.63) is 12.4 Å². The van der Waals surface area contributed by atoms with Gasteiger partial charge in [-0.05, 0) is 19.4 Å². The summed E-state index contributed by atoms with van der Waals surface area (Å²) in [5.74, 6) is 1.03. The van der Waals surface area contributed by atoms with E-state index in [-0.39, 0.29) is 0 Å². The van der Waals surface area contributed by atoms with Gasteiger partial charge in [0.05, 0.1) is 0 Å². The molecule has 0 aliphatic carbocycles. The maximum absolute atomic E-state index is 5.43. The SMILES string of the molecule is CN(CCCCCN)c1nccn1C. The van der Waals surface area contributed by atoms with Gasteiger partial charge in [0, 0.05) is 33.0 Å². The quantitative estimate of drug-likeness (QED) is 0.690. The van der Waals surface area contributed by atoms with E-state index in [4.69, 9.17) is 5.73 Å². The lowest BCUT2D eigenvalue weighted by Crippen LogP contribution is -2.21. The van der Waals surface area contributed by atoms with E-state index < -0.39 is 0 Å². The van der Waals surface area contributed by atoms with Gasteiger partial charge in [0.15, 0.2) is 0 Å². The molecule has 0 spiro atoms. The van der Waals surface area contributed by atoms with E-state index in [1.54, 1.807) is 0 Å². The Bertz CT molecular complexity index is 256. The average molecular weight is 196 g/mol. The number of aromatic nitrogens is 2. The summed E-state index contributed by atoms with van der Waals surface area (Å²) >= 11 is 0. The van der Waals surface area contributed by atoms with Crippen molar-refractivity contribution in [3.8, 4) is 0 Å². The van der Waals surface area contributed by atoms with E-state index in [1.807, 2.05) is 24.0 Å². The van der Waals surface area contributed by atoms with Crippen LogP contribution in [-0.4, -0.2) is 29.7 Å². The van der Waals surface area contributed by atoms with Crippen molar-refractivity contribution < 1.29 is 0 Å². The molecule has 0 aromatic carbocycles. The number of nitrogens with two attached hydrogens (primary N) is 1. The molecule has 14 heavy (non-hydrogen) atoms. The highest BCUT2D eigenvalue weighted by Crippen LogP contribution is 2.08. The molecule has 0 saturated heterocycles. The van der Waals surface area contributed by atoms with Gasteiger partial charge in [0.1, 0.15) is 0 Å². The van der Waals surface area contributed by atoms with Crippen LogP contribution >= 0.6 is 0 Å². The number of nitrogens with zero attached hydrogens (tertiary/aromatic N) is 3. The molecule has 0 bridgehead atoms. The van der Waals surface area contributed by atoms with Crippen LogP contribution in [0.2, 0.25) is 0 Å². The molecule has 0 saturated carbocycles. The van der Waals surface area contributed by atoms with Crippen LogP contribution in [-0.2, 0) is 7.05 Å². The molecule has 0 radical (unpaired) electrons. The topological polar surface area (TPSA) is 47.1 Å². The second-order valence-electron chi connectivity index (χ2n) is 3.61. The molecule has 4 heteroatoms. The fourth-order valence-electron chi connectivity index (χ4n) is 1.50. The summed E-state index contributed by atoms with van der Waals surface area (Å²) < 4.78 is 2.03. The number of hydrogen-bond acceptors (Lipinski definition) is 3. The molecule has 0 fully saturated rings. The summed E-state index contributed by atoms with van der Waals surface area (Å²) in [5.41, 5.74) is 5.43. The Balaban J connectivity index is 2.28. The van der Waals surface area contributed by atoms with E-state index >= 15 is 0 Å². The molecule has 0 aliphatic rings. The van der Waals surface area contributed by atoms with E-state index in [0.29, 0.717) is 0 Å². The number of unbranched alkanes of at least 4 members (excludes halogenated alkanes) is 2. The van der Waals surface area contributed by atoms with Crippen LogP contribution in [0.3, 0.4) is 0 Å². The summed E-state index contributed by atoms with van der Waals surface area (Å²) in [6.07, 6.45) is 7.29. The highest BCUT2D eigenvalue weighted by Gasteiger charge is 2.04. The van der Waals surface area contributed by atoms with Crippen LogP contribution in [0.5, 0.6) is 0 Å². The fourth-order valence-corrected chi connectivity index (χ4v) is 1.50.